The smallest absolute Gasteiger partial charge is 0.169 e. The number of fused-ring (bicyclic) bond motifs is 2. The number of Topliss-reactive ketones (excluding diaryl/α,β-unsaturated/α-hetero) is 1. The molecule has 122 valence electrons. The van der Waals surface area contributed by atoms with Crippen molar-refractivity contribution in [1.29, 1.82) is 0 Å². The fourth-order valence-electron chi connectivity index (χ4n) is 4.13. The third-order valence-electron chi connectivity index (χ3n) is 5.31. The molecule has 1 saturated heterocycles. The molecule has 0 amide bonds. The van der Waals surface area contributed by atoms with Crippen LogP contribution >= 0.6 is 15.9 Å². The van der Waals surface area contributed by atoms with Gasteiger partial charge in [0.25, 0.3) is 0 Å². The van der Waals surface area contributed by atoms with Gasteiger partial charge in [-0.15, -0.1) is 0 Å². The van der Waals surface area contributed by atoms with Crippen molar-refractivity contribution in [3.05, 3.63) is 82.3 Å². The van der Waals surface area contributed by atoms with Crippen LogP contribution in [0.4, 0.5) is 0 Å². The van der Waals surface area contributed by atoms with Crippen molar-refractivity contribution in [3.63, 3.8) is 0 Å². The molecule has 0 N–H and O–H groups in total. The lowest BCUT2D eigenvalue weighted by Gasteiger charge is -2.33. The average Bonchev–Trinajstić information content (AvgIpc) is 3.19. The summed E-state index contributed by atoms with van der Waals surface area (Å²) in [5.41, 5.74) is 1.56. The van der Waals surface area contributed by atoms with E-state index in [1.54, 1.807) is 0 Å². The number of benzene rings is 2. The van der Waals surface area contributed by atoms with Crippen molar-refractivity contribution in [3.8, 4) is 0 Å². The number of carbonyl (C=O) groups excluding carboxylic acids is 1. The number of ketones is 1. The first kappa shape index (κ1) is 15.8. The Kier molecular flexibility index (Phi) is 3.93. The SMILES string of the molecule is CC[C@@]12C=C[C@@H](O1)[C@@H](C(=O)c1ccccc1)[C@@H]2c1ccc(Br)cc1. The predicted octanol–water partition coefficient (Wildman–Crippen LogP) is 5.15. The van der Waals surface area contributed by atoms with Crippen LogP contribution in [-0.4, -0.2) is 17.5 Å². The first-order valence-corrected chi connectivity index (χ1v) is 9.16. The van der Waals surface area contributed by atoms with Gasteiger partial charge in [-0.25, -0.2) is 0 Å². The van der Waals surface area contributed by atoms with Gasteiger partial charge in [-0.2, -0.15) is 0 Å². The van der Waals surface area contributed by atoms with E-state index in [9.17, 15) is 4.79 Å². The van der Waals surface area contributed by atoms with E-state index in [0.29, 0.717) is 0 Å². The van der Waals surface area contributed by atoms with Crippen LogP contribution in [0.1, 0.15) is 35.2 Å². The Morgan fingerprint density at radius 1 is 1.12 bits per heavy atom. The maximum atomic E-state index is 13.2. The van der Waals surface area contributed by atoms with Crippen LogP contribution in [-0.2, 0) is 4.74 Å². The summed E-state index contributed by atoms with van der Waals surface area (Å²) in [5, 5.41) is 0. The third kappa shape index (κ3) is 2.38. The van der Waals surface area contributed by atoms with E-state index in [1.807, 2.05) is 42.5 Å². The highest BCUT2D eigenvalue weighted by atomic mass is 79.9. The van der Waals surface area contributed by atoms with Crippen LogP contribution in [0.15, 0.2) is 71.2 Å². The van der Waals surface area contributed by atoms with Gasteiger partial charge < -0.3 is 4.74 Å². The molecule has 2 aliphatic rings. The molecule has 2 nitrogen and oxygen atoms in total. The van der Waals surface area contributed by atoms with Crippen LogP contribution in [0.3, 0.4) is 0 Å². The molecule has 0 aromatic heterocycles. The lowest BCUT2D eigenvalue weighted by molar-refractivity contribution is 0.0200. The minimum Gasteiger partial charge on any atom is -0.362 e. The van der Waals surface area contributed by atoms with Gasteiger partial charge in [0.2, 0.25) is 0 Å². The molecular formula is C21H19BrO2. The molecule has 24 heavy (non-hydrogen) atoms. The van der Waals surface area contributed by atoms with Gasteiger partial charge in [0.05, 0.1) is 17.6 Å². The number of carbonyl (C=O) groups is 1. The molecule has 3 heteroatoms. The molecule has 2 aliphatic heterocycles. The van der Waals surface area contributed by atoms with Crippen molar-refractivity contribution >= 4 is 21.7 Å². The minimum absolute atomic E-state index is 0.0540. The highest BCUT2D eigenvalue weighted by molar-refractivity contribution is 9.10. The third-order valence-corrected chi connectivity index (χ3v) is 5.83. The van der Waals surface area contributed by atoms with Gasteiger partial charge in [0.1, 0.15) is 0 Å². The monoisotopic (exact) mass is 382 g/mol. The summed E-state index contributed by atoms with van der Waals surface area (Å²) in [6.07, 6.45) is 4.97. The molecule has 0 radical (unpaired) electrons. The molecule has 4 atom stereocenters. The van der Waals surface area contributed by atoms with E-state index in [2.05, 4.69) is 47.1 Å². The van der Waals surface area contributed by atoms with E-state index < -0.39 is 0 Å². The van der Waals surface area contributed by atoms with Crippen molar-refractivity contribution in [2.45, 2.75) is 31.0 Å². The molecule has 0 unspecified atom stereocenters. The van der Waals surface area contributed by atoms with Crippen LogP contribution in [0, 0.1) is 5.92 Å². The molecule has 2 heterocycles. The van der Waals surface area contributed by atoms with Crippen molar-refractivity contribution in [2.24, 2.45) is 5.92 Å². The fourth-order valence-corrected chi connectivity index (χ4v) is 4.39. The van der Waals surface area contributed by atoms with E-state index in [4.69, 9.17) is 4.74 Å². The number of hydrogen-bond donors (Lipinski definition) is 0. The van der Waals surface area contributed by atoms with E-state index in [0.717, 1.165) is 16.5 Å². The topological polar surface area (TPSA) is 26.3 Å². The molecule has 2 aromatic rings. The predicted molar refractivity (Wildman–Crippen MR) is 98.2 cm³/mol. The second-order valence-corrected chi connectivity index (χ2v) is 7.45. The molecule has 2 aromatic carbocycles. The van der Waals surface area contributed by atoms with Crippen molar-refractivity contribution in [2.75, 3.05) is 0 Å². The second-order valence-electron chi connectivity index (χ2n) is 6.54. The summed E-state index contributed by atoms with van der Waals surface area (Å²) >= 11 is 3.49. The molecule has 2 bridgehead atoms. The maximum Gasteiger partial charge on any atom is 0.169 e. The normalized spacial score (nSPS) is 30.7. The molecule has 0 spiro atoms. The Balaban J connectivity index is 1.79. The van der Waals surface area contributed by atoms with Gasteiger partial charge >= 0.3 is 0 Å². The Morgan fingerprint density at radius 2 is 1.83 bits per heavy atom. The zero-order valence-electron chi connectivity index (χ0n) is 13.5. The lowest BCUT2D eigenvalue weighted by atomic mass is 9.68. The molecule has 1 fully saturated rings. The van der Waals surface area contributed by atoms with Gasteiger partial charge in [-0.1, -0.05) is 77.5 Å². The zero-order valence-corrected chi connectivity index (χ0v) is 15.1. The number of ether oxygens (including phenoxy) is 1. The van der Waals surface area contributed by atoms with Gasteiger partial charge in [0, 0.05) is 16.0 Å². The van der Waals surface area contributed by atoms with Gasteiger partial charge in [-0.3, -0.25) is 4.79 Å². The largest absolute Gasteiger partial charge is 0.362 e. The van der Waals surface area contributed by atoms with E-state index >= 15 is 0 Å². The average molecular weight is 383 g/mol. The Morgan fingerprint density at radius 3 is 2.50 bits per heavy atom. The highest BCUT2D eigenvalue weighted by Gasteiger charge is 2.58. The van der Waals surface area contributed by atoms with E-state index in [1.165, 1.54) is 5.56 Å². The Hall–Kier alpha value is -1.71. The summed E-state index contributed by atoms with van der Waals surface area (Å²) in [5.74, 6) is 0.0602. The first-order valence-electron chi connectivity index (χ1n) is 8.36. The number of hydrogen-bond acceptors (Lipinski definition) is 2. The molecular weight excluding hydrogens is 364 g/mol. The van der Waals surface area contributed by atoms with Crippen molar-refractivity contribution < 1.29 is 9.53 Å². The molecule has 0 aliphatic carbocycles. The van der Waals surface area contributed by atoms with Crippen LogP contribution < -0.4 is 0 Å². The van der Waals surface area contributed by atoms with Crippen LogP contribution in [0.5, 0.6) is 0 Å². The molecule has 4 rings (SSSR count). The quantitative estimate of drug-likeness (QED) is 0.539. The zero-order chi connectivity index (χ0) is 16.7. The van der Waals surface area contributed by atoms with Crippen LogP contribution in [0.25, 0.3) is 0 Å². The summed E-state index contributed by atoms with van der Waals surface area (Å²) < 4.78 is 7.36. The van der Waals surface area contributed by atoms with E-state index in [-0.39, 0.29) is 29.3 Å². The first-order chi connectivity index (χ1) is 11.6. The van der Waals surface area contributed by atoms with Gasteiger partial charge in [-0.05, 0) is 24.1 Å². The Bertz CT molecular complexity index is 781. The maximum absolute atomic E-state index is 13.2. The minimum atomic E-state index is -0.367. The summed E-state index contributed by atoms with van der Waals surface area (Å²) in [7, 11) is 0. The van der Waals surface area contributed by atoms with Gasteiger partial charge in [0.15, 0.2) is 5.78 Å². The lowest BCUT2D eigenvalue weighted by Crippen LogP contribution is -2.36. The Labute approximate surface area is 150 Å². The highest BCUT2D eigenvalue weighted by Crippen LogP contribution is 2.54. The summed E-state index contributed by atoms with van der Waals surface area (Å²) in [4.78, 5) is 13.2. The fraction of sp³-hybridized carbons (Fsp3) is 0.286. The number of halogens is 1. The second kappa shape index (κ2) is 5.98. The summed E-state index contributed by atoms with van der Waals surface area (Å²) in [6, 6.07) is 17.9. The van der Waals surface area contributed by atoms with Crippen molar-refractivity contribution in [1.82, 2.24) is 0 Å². The standard InChI is InChI=1S/C21H19BrO2/c1-2-21-13-12-17(24-21)18(20(23)15-6-4-3-5-7-15)19(21)14-8-10-16(22)11-9-14/h3-13,17-19H,2H2,1H3/t17-,18-,19+,21+/m1/s1. The van der Waals surface area contributed by atoms with Crippen LogP contribution in [0.2, 0.25) is 0 Å². The molecule has 0 saturated carbocycles. The summed E-state index contributed by atoms with van der Waals surface area (Å²) in [6.45, 7) is 2.13. The number of rotatable bonds is 4.